The number of rotatable bonds is 8. The van der Waals surface area contributed by atoms with Crippen LogP contribution in [-0.2, 0) is 27.4 Å². The molecule has 134 valence electrons. The van der Waals surface area contributed by atoms with Crippen LogP contribution in [0.15, 0.2) is 42.7 Å². The van der Waals surface area contributed by atoms with Crippen molar-refractivity contribution < 1.29 is 14.3 Å². The van der Waals surface area contributed by atoms with E-state index in [4.69, 9.17) is 9.47 Å². The minimum atomic E-state index is -0.0349. The van der Waals surface area contributed by atoms with Gasteiger partial charge in [0.2, 0.25) is 5.91 Å². The molecule has 6 nitrogen and oxygen atoms in total. The molecular formula is C19H25N3O3. The Kier molecular flexibility index (Phi) is 6.19. The number of carbonyl (C=O) groups excluding carboxylic acids is 1. The minimum absolute atomic E-state index is 0.0349. The van der Waals surface area contributed by atoms with E-state index in [-0.39, 0.29) is 18.6 Å². The number of hydrogen-bond donors (Lipinski definition) is 0. The number of benzene rings is 1. The van der Waals surface area contributed by atoms with Gasteiger partial charge in [0.05, 0.1) is 12.6 Å². The molecule has 1 unspecified atom stereocenters. The van der Waals surface area contributed by atoms with Crippen molar-refractivity contribution in [2.75, 3.05) is 26.9 Å². The van der Waals surface area contributed by atoms with E-state index in [1.165, 1.54) is 5.56 Å². The van der Waals surface area contributed by atoms with Gasteiger partial charge in [-0.1, -0.05) is 30.3 Å². The second-order valence-electron chi connectivity index (χ2n) is 6.30. The maximum absolute atomic E-state index is 12.4. The van der Waals surface area contributed by atoms with Crippen LogP contribution < -0.4 is 0 Å². The Morgan fingerprint density at radius 3 is 2.96 bits per heavy atom. The van der Waals surface area contributed by atoms with Crippen molar-refractivity contribution in [1.82, 2.24) is 14.5 Å². The van der Waals surface area contributed by atoms with Crippen LogP contribution in [0.4, 0.5) is 0 Å². The molecule has 1 amide bonds. The summed E-state index contributed by atoms with van der Waals surface area (Å²) in [6.07, 6.45) is 5.89. The second-order valence-corrected chi connectivity index (χ2v) is 6.30. The number of amides is 1. The van der Waals surface area contributed by atoms with Crippen molar-refractivity contribution in [3.8, 4) is 0 Å². The van der Waals surface area contributed by atoms with Gasteiger partial charge < -0.3 is 18.9 Å². The van der Waals surface area contributed by atoms with Crippen LogP contribution in [-0.4, -0.2) is 53.3 Å². The summed E-state index contributed by atoms with van der Waals surface area (Å²) in [6, 6.07) is 10.2. The zero-order valence-electron chi connectivity index (χ0n) is 14.6. The lowest BCUT2D eigenvalue weighted by atomic mass is 10.2. The summed E-state index contributed by atoms with van der Waals surface area (Å²) < 4.78 is 12.8. The smallest absolute Gasteiger partial charge is 0.249 e. The zero-order chi connectivity index (χ0) is 17.5. The van der Waals surface area contributed by atoms with E-state index < -0.39 is 0 Å². The third-order valence-electron chi connectivity index (χ3n) is 4.40. The standard InChI is InChI=1S/C19H25N3O3/c1-24-15-19(23)22(13-17-8-5-11-25-17)14-18-20-9-10-21(18)12-16-6-3-2-4-7-16/h2-4,6-7,9-10,17H,5,8,11-15H2,1H3. The third kappa shape index (κ3) is 4.90. The summed E-state index contributed by atoms with van der Waals surface area (Å²) in [5, 5.41) is 0. The molecule has 2 heterocycles. The molecular weight excluding hydrogens is 318 g/mol. The second kappa shape index (κ2) is 8.78. The van der Waals surface area contributed by atoms with Gasteiger partial charge in [0, 0.05) is 39.2 Å². The Morgan fingerprint density at radius 1 is 1.40 bits per heavy atom. The summed E-state index contributed by atoms with van der Waals surface area (Å²) in [5.41, 5.74) is 1.20. The fraction of sp³-hybridized carbons (Fsp3) is 0.474. The topological polar surface area (TPSA) is 56.6 Å². The first-order valence-corrected chi connectivity index (χ1v) is 8.68. The van der Waals surface area contributed by atoms with Crippen LogP contribution in [0.2, 0.25) is 0 Å². The molecule has 0 spiro atoms. The van der Waals surface area contributed by atoms with Gasteiger partial charge in [0.25, 0.3) is 0 Å². The maximum Gasteiger partial charge on any atom is 0.249 e. The Hall–Kier alpha value is -2.18. The lowest BCUT2D eigenvalue weighted by Crippen LogP contribution is -2.39. The molecule has 0 aliphatic carbocycles. The first-order valence-electron chi connectivity index (χ1n) is 8.68. The lowest BCUT2D eigenvalue weighted by molar-refractivity contribution is -0.137. The maximum atomic E-state index is 12.4. The summed E-state index contributed by atoms with van der Waals surface area (Å²) in [4.78, 5) is 18.7. The van der Waals surface area contributed by atoms with E-state index in [9.17, 15) is 4.79 Å². The van der Waals surface area contributed by atoms with Gasteiger partial charge in [-0.15, -0.1) is 0 Å². The van der Waals surface area contributed by atoms with E-state index in [1.54, 1.807) is 18.2 Å². The van der Waals surface area contributed by atoms with Crippen LogP contribution in [0, 0.1) is 0 Å². The fourth-order valence-corrected chi connectivity index (χ4v) is 3.09. The van der Waals surface area contributed by atoms with E-state index >= 15 is 0 Å². The third-order valence-corrected chi connectivity index (χ3v) is 4.40. The normalized spacial score (nSPS) is 16.9. The number of methoxy groups -OCH3 is 1. The van der Waals surface area contributed by atoms with E-state index in [0.717, 1.165) is 31.8 Å². The summed E-state index contributed by atoms with van der Waals surface area (Å²) in [5.74, 6) is 0.832. The van der Waals surface area contributed by atoms with Crippen molar-refractivity contribution in [2.24, 2.45) is 0 Å². The van der Waals surface area contributed by atoms with Crippen molar-refractivity contribution in [3.05, 3.63) is 54.1 Å². The molecule has 1 saturated heterocycles. The number of imidazole rings is 1. The van der Waals surface area contributed by atoms with Crippen molar-refractivity contribution in [2.45, 2.75) is 32.0 Å². The molecule has 0 radical (unpaired) electrons. The average Bonchev–Trinajstić information content (AvgIpc) is 3.28. The first kappa shape index (κ1) is 17.6. The lowest BCUT2D eigenvalue weighted by Gasteiger charge is -2.25. The van der Waals surface area contributed by atoms with E-state index in [0.29, 0.717) is 13.1 Å². The van der Waals surface area contributed by atoms with Gasteiger partial charge in [0.15, 0.2) is 0 Å². The number of nitrogens with zero attached hydrogens (tertiary/aromatic N) is 3. The number of hydrogen-bond acceptors (Lipinski definition) is 4. The molecule has 1 aromatic heterocycles. The van der Waals surface area contributed by atoms with Gasteiger partial charge in [-0.25, -0.2) is 4.98 Å². The van der Waals surface area contributed by atoms with Gasteiger partial charge in [-0.3, -0.25) is 4.79 Å². The average molecular weight is 343 g/mol. The Labute approximate surface area is 148 Å². The Morgan fingerprint density at radius 2 is 2.24 bits per heavy atom. The SMILES string of the molecule is COCC(=O)N(Cc1nccn1Cc1ccccc1)CC1CCCO1. The van der Waals surface area contributed by atoms with Crippen LogP contribution in [0.25, 0.3) is 0 Å². The zero-order valence-corrected chi connectivity index (χ0v) is 14.6. The van der Waals surface area contributed by atoms with Gasteiger partial charge in [0.1, 0.15) is 12.4 Å². The predicted octanol–water partition coefficient (Wildman–Crippen LogP) is 2.09. The van der Waals surface area contributed by atoms with Crippen molar-refractivity contribution >= 4 is 5.91 Å². The molecule has 3 rings (SSSR count). The molecule has 0 saturated carbocycles. The molecule has 1 atom stereocenters. The number of aromatic nitrogens is 2. The first-order chi connectivity index (χ1) is 12.3. The van der Waals surface area contributed by atoms with Crippen LogP contribution >= 0.6 is 0 Å². The molecule has 0 bridgehead atoms. The highest BCUT2D eigenvalue weighted by molar-refractivity contribution is 5.77. The van der Waals surface area contributed by atoms with Crippen LogP contribution in [0.3, 0.4) is 0 Å². The molecule has 2 aromatic rings. The summed E-state index contributed by atoms with van der Waals surface area (Å²) >= 11 is 0. The quantitative estimate of drug-likeness (QED) is 0.736. The van der Waals surface area contributed by atoms with Gasteiger partial charge in [-0.2, -0.15) is 0 Å². The highest BCUT2D eigenvalue weighted by Gasteiger charge is 2.23. The number of carbonyl (C=O) groups is 1. The monoisotopic (exact) mass is 343 g/mol. The largest absolute Gasteiger partial charge is 0.376 e. The molecule has 1 aliphatic heterocycles. The minimum Gasteiger partial charge on any atom is -0.376 e. The molecule has 25 heavy (non-hydrogen) atoms. The summed E-state index contributed by atoms with van der Waals surface area (Å²) in [7, 11) is 1.54. The molecule has 1 aromatic carbocycles. The van der Waals surface area contributed by atoms with Crippen LogP contribution in [0.5, 0.6) is 0 Å². The van der Waals surface area contributed by atoms with E-state index in [2.05, 4.69) is 21.7 Å². The van der Waals surface area contributed by atoms with Gasteiger partial charge in [-0.05, 0) is 18.4 Å². The predicted molar refractivity (Wildman–Crippen MR) is 94.0 cm³/mol. The summed E-state index contributed by atoms with van der Waals surface area (Å²) in [6.45, 7) is 2.64. The Bertz CT molecular complexity index is 666. The van der Waals surface area contributed by atoms with Crippen molar-refractivity contribution in [1.29, 1.82) is 0 Å². The molecule has 0 N–H and O–H groups in total. The Balaban J connectivity index is 1.70. The van der Waals surface area contributed by atoms with Crippen LogP contribution in [0.1, 0.15) is 24.2 Å². The highest BCUT2D eigenvalue weighted by atomic mass is 16.5. The fourth-order valence-electron chi connectivity index (χ4n) is 3.09. The molecule has 1 aliphatic rings. The molecule has 1 fully saturated rings. The number of ether oxygens (including phenoxy) is 2. The highest BCUT2D eigenvalue weighted by Crippen LogP contribution is 2.15. The van der Waals surface area contributed by atoms with Gasteiger partial charge >= 0.3 is 0 Å². The molecule has 6 heteroatoms. The van der Waals surface area contributed by atoms with Crippen molar-refractivity contribution in [3.63, 3.8) is 0 Å². The van der Waals surface area contributed by atoms with E-state index in [1.807, 2.05) is 24.4 Å².